The first kappa shape index (κ1) is 13.1. The van der Waals surface area contributed by atoms with Crippen molar-refractivity contribution < 1.29 is 27.4 Å². The van der Waals surface area contributed by atoms with Crippen molar-refractivity contribution in [3.63, 3.8) is 0 Å². The summed E-state index contributed by atoms with van der Waals surface area (Å²) in [6, 6.07) is 6.16. The maximum Gasteiger partial charge on any atom is 0.422 e. The molecule has 0 aromatic heterocycles. The second-order valence-electron chi connectivity index (χ2n) is 3.14. The molecule has 2 N–H and O–H groups in total. The van der Waals surface area contributed by atoms with Crippen LogP contribution in [0.5, 0.6) is 5.75 Å². The highest BCUT2D eigenvalue weighted by molar-refractivity contribution is 5.71. The number of anilines is 1. The van der Waals surface area contributed by atoms with Gasteiger partial charge in [0.1, 0.15) is 5.75 Å². The first-order valence-corrected chi connectivity index (χ1v) is 4.57. The third-order valence-electron chi connectivity index (χ3n) is 1.61. The molecule has 4 nitrogen and oxygen atoms in total. The zero-order valence-electron chi connectivity index (χ0n) is 8.66. The Morgan fingerprint density at radius 2 is 2.06 bits per heavy atom. The largest absolute Gasteiger partial charge is 0.482 e. The topological polar surface area (TPSA) is 61.5 Å². The Balaban J connectivity index is 2.33. The smallest absolute Gasteiger partial charge is 0.422 e. The van der Waals surface area contributed by atoms with E-state index in [0.717, 1.165) is 0 Å². The third-order valence-corrected chi connectivity index (χ3v) is 1.61. The van der Waals surface area contributed by atoms with E-state index in [2.05, 4.69) is 4.74 Å². The predicted molar refractivity (Wildman–Crippen MR) is 53.4 cm³/mol. The summed E-state index contributed by atoms with van der Waals surface area (Å²) in [7, 11) is 0. The van der Waals surface area contributed by atoms with Crippen molar-refractivity contribution in [2.24, 2.45) is 0 Å². The lowest BCUT2D eigenvalue weighted by atomic mass is 10.3. The number of benzene rings is 1. The summed E-state index contributed by atoms with van der Waals surface area (Å²) in [4.78, 5) is 10.9. The molecule has 0 bridgehead atoms. The van der Waals surface area contributed by atoms with E-state index in [1.54, 1.807) is 12.1 Å². The standard InChI is InChI=1S/C10H10F3NO3/c11-10(12,13)6-17-9(15)5-16-8-3-1-2-7(14)4-8/h1-4H,5-6,14H2. The summed E-state index contributed by atoms with van der Waals surface area (Å²) in [6.45, 7) is -2.22. The molecule has 0 radical (unpaired) electrons. The van der Waals surface area contributed by atoms with Gasteiger partial charge < -0.3 is 15.2 Å². The monoisotopic (exact) mass is 249 g/mol. The third kappa shape index (κ3) is 5.64. The number of esters is 1. The van der Waals surface area contributed by atoms with Gasteiger partial charge in [0.05, 0.1) is 0 Å². The van der Waals surface area contributed by atoms with E-state index >= 15 is 0 Å². The van der Waals surface area contributed by atoms with Crippen LogP contribution in [0.4, 0.5) is 18.9 Å². The van der Waals surface area contributed by atoms with Crippen LogP contribution < -0.4 is 10.5 Å². The van der Waals surface area contributed by atoms with Gasteiger partial charge in [0.25, 0.3) is 0 Å². The fourth-order valence-corrected chi connectivity index (χ4v) is 0.951. The average Bonchev–Trinajstić information content (AvgIpc) is 2.23. The van der Waals surface area contributed by atoms with Crippen molar-refractivity contribution in [3.05, 3.63) is 24.3 Å². The molecule has 0 aliphatic carbocycles. The number of ether oxygens (including phenoxy) is 2. The summed E-state index contributed by atoms with van der Waals surface area (Å²) < 4.78 is 43.9. The summed E-state index contributed by atoms with van der Waals surface area (Å²) in [5, 5.41) is 0. The molecule has 1 rings (SSSR count). The summed E-state index contributed by atoms with van der Waals surface area (Å²) in [5.74, 6) is -0.807. The number of alkyl halides is 3. The number of nitrogen functional groups attached to an aromatic ring is 1. The van der Waals surface area contributed by atoms with Gasteiger partial charge in [-0.1, -0.05) is 6.07 Å². The lowest BCUT2D eigenvalue weighted by molar-refractivity contribution is -0.187. The molecule has 0 aliphatic rings. The normalized spacial score (nSPS) is 11.0. The van der Waals surface area contributed by atoms with Gasteiger partial charge in [-0.25, -0.2) is 4.79 Å². The van der Waals surface area contributed by atoms with Crippen LogP contribution in [-0.4, -0.2) is 25.4 Å². The Bertz CT molecular complexity index is 393. The maximum atomic E-state index is 11.7. The van der Waals surface area contributed by atoms with Gasteiger partial charge in [0, 0.05) is 11.8 Å². The molecule has 0 saturated carbocycles. The zero-order valence-corrected chi connectivity index (χ0v) is 8.66. The minimum Gasteiger partial charge on any atom is -0.482 e. The quantitative estimate of drug-likeness (QED) is 0.652. The van der Waals surface area contributed by atoms with Crippen molar-refractivity contribution in [1.82, 2.24) is 0 Å². The highest BCUT2D eigenvalue weighted by atomic mass is 19.4. The highest BCUT2D eigenvalue weighted by Crippen LogP contribution is 2.16. The molecule has 0 aliphatic heterocycles. The van der Waals surface area contributed by atoms with Crippen LogP contribution in [0.3, 0.4) is 0 Å². The van der Waals surface area contributed by atoms with Crippen molar-refractivity contribution in [1.29, 1.82) is 0 Å². The molecule has 94 valence electrons. The Morgan fingerprint density at radius 1 is 1.35 bits per heavy atom. The van der Waals surface area contributed by atoms with Crippen molar-refractivity contribution in [3.8, 4) is 5.75 Å². The first-order chi connectivity index (χ1) is 7.87. The number of carbonyl (C=O) groups excluding carboxylic acids is 1. The Morgan fingerprint density at radius 3 is 2.65 bits per heavy atom. The molecule has 17 heavy (non-hydrogen) atoms. The van der Waals surface area contributed by atoms with Crippen LogP contribution in [-0.2, 0) is 9.53 Å². The van der Waals surface area contributed by atoms with Crippen LogP contribution in [0.25, 0.3) is 0 Å². The number of halogens is 3. The highest BCUT2D eigenvalue weighted by Gasteiger charge is 2.29. The minimum absolute atomic E-state index is 0.286. The van der Waals surface area contributed by atoms with Crippen LogP contribution in [0.1, 0.15) is 0 Å². The molecule has 0 amide bonds. The van der Waals surface area contributed by atoms with E-state index in [4.69, 9.17) is 10.5 Å². The average molecular weight is 249 g/mol. The van der Waals surface area contributed by atoms with Gasteiger partial charge in [-0.15, -0.1) is 0 Å². The van der Waals surface area contributed by atoms with Gasteiger partial charge in [0.2, 0.25) is 0 Å². The van der Waals surface area contributed by atoms with Crippen molar-refractivity contribution in [2.75, 3.05) is 18.9 Å². The number of hydrogen-bond acceptors (Lipinski definition) is 4. The van der Waals surface area contributed by atoms with Crippen molar-refractivity contribution >= 4 is 11.7 Å². The van der Waals surface area contributed by atoms with E-state index in [1.165, 1.54) is 12.1 Å². The lowest BCUT2D eigenvalue weighted by Crippen LogP contribution is -2.23. The second kappa shape index (κ2) is 5.42. The summed E-state index contributed by atoms with van der Waals surface area (Å²) in [6.07, 6.45) is -4.53. The van der Waals surface area contributed by atoms with Gasteiger partial charge in [-0.3, -0.25) is 0 Å². The number of carbonyl (C=O) groups is 1. The van der Waals surface area contributed by atoms with Gasteiger partial charge in [0.15, 0.2) is 13.2 Å². The molecular formula is C10H10F3NO3. The molecule has 0 unspecified atom stereocenters. The Kier molecular flexibility index (Phi) is 4.19. The first-order valence-electron chi connectivity index (χ1n) is 4.57. The van der Waals surface area contributed by atoms with E-state index in [-0.39, 0.29) is 5.75 Å². The number of nitrogens with two attached hydrogens (primary N) is 1. The summed E-state index contributed by atoms with van der Waals surface area (Å²) in [5.41, 5.74) is 5.86. The minimum atomic E-state index is -4.53. The van der Waals surface area contributed by atoms with Gasteiger partial charge in [-0.2, -0.15) is 13.2 Å². The zero-order chi connectivity index (χ0) is 12.9. The SMILES string of the molecule is Nc1cccc(OCC(=O)OCC(F)(F)F)c1. The molecule has 0 saturated heterocycles. The van der Waals surface area contributed by atoms with Crippen LogP contribution >= 0.6 is 0 Å². The Labute approximate surface area is 95.1 Å². The number of hydrogen-bond donors (Lipinski definition) is 1. The van der Waals surface area contributed by atoms with Gasteiger partial charge in [-0.05, 0) is 12.1 Å². The molecule has 0 fully saturated rings. The molecule has 1 aromatic rings. The van der Waals surface area contributed by atoms with Crippen LogP contribution in [0, 0.1) is 0 Å². The molecule has 0 atom stereocenters. The Hall–Kier alpha value is -1.92. The van der Waals surface area contributed by atoms with E-state index in [9.17, 15) is 18.0 Å². The number of rotatable bonds is 4. The van der Waals surface area contributed by atoms with E-state index in [0.29, 0.717) is 5.69 Å². The van der Waals surface area contributed by atoms with E-state index in [1.807, 2.05) is 0 Å². The molecule has 1 aromatic carbocycles. The molecular weight excluding hydrogens is 239 g/mol. The van der Waals surface area contributed by atoms with Crippen LogP contribution in [0.15, 0.2) is 24.3 Å². The van der Waals surface area contributed by atoms with Gasteiger partial charge >= 0.3 is 12.1 Å². The fraction of sp³-hybridized carbons (Fsp3) is 0.300. The second-order valence-corrected chi connectivity index (χ2v) is 3.14. The molecule has 0 heterocycles. The maximum absolute atomic E-state index is 11.7. The van der Waals surface area contributed by atoms with Crippen LogP contribution in [0.2, 0.25) is 0 Å². The lowest BCUT2D eigenvalue weighted by Gasteiger charge is -2.09. The summed E-state index contributed by atoms with van der Waals surface area (Å²) >= 11 is 0. The molecule has 0 spiro atoms. The van der Waals surface area contributed by atoms with Crippen molar-refractivity contribution in [2.45, 2.75) is 6.18 Å². The molecule has 7 heteroatoms. The predicted octanol–water partition coefficient (Wildman–Crippen LogP) is 1.75. The van der Waals surface area contributed by atoms with E-state index < -0.39 is 25.4 Å². The fourth-order valence-electron chi connectivity index (χ4n) is 0.951.